The highest BCUT2D eigenvalue weighted by atomic mass is 16.5. The molecule has 98 valence electrons. The zero-order valence-corrected chi connectivity index (χ0v) is 10.5. The first-order chi connectivity index (χ1) is 8.15. The van der Waals surface area contributed by atoms with E-state index in [1.54, 1.807) is 7.11 Å². The number of hydrogen-bond donors (Lipinski definition) is 2. The van der Waals surface area contributed by atoms with Gasteiger partial charge in [0.2, 0.25) is 5.91 Å². The van der Waals surface area contributed by atoms with E-state index in [-0.39, 0.29) is 11.9 Å². The van der Waals surface area contributed by atoms with Gasteiger partial charge in [-0.05, 0) is 6.92 Å². The standard InChI is InChI=1S/C11H21N3O3/c1-9(8-17-2)12-11(15)7-14-5-3-10(13-16)4-6-14/h9,16H,3-8H2,1-2H3,(H,12,15). The van der Waals surface area contributed by atoms with Crippen LogP contribution in [0.5, 0.6) is 0 Å². The molecule has 6 heteroatoms. The summed E-state index contributed by atoms with van der Waals surface area (Å²) in [5.74, 6) is 0.0129. The van der Waals surface area contributed by atoms with Gasteiger partial charge in [0.05, 0.1) is 18.9 Å². The highest BCUT2D eigenvalue weighted by Crippen LogP contribution is 2.06. The maximum Gasteiger partial charge on any atom is 0.234 e. The van der Waals surface area contributed by atoms with E-state index in [0.29, 0.717) is 13.2 Å². The number of nitrogens with zero attached hydrogens (tertiary/aromatic N) is 2. The van der Waals surface area contributed by atoms with Crippen LogP contribution >= 0.6 is 0 Å². The second-order valence-corrected chi connectivity index (χ2v) is 4.37. The first-order valence-corrected chi connectivity index (χ1v) is 5.86. The molecule has 1 aliphatic rings. The summed E-state index contributed by atoms with van der Waals surface area (Å²) in [6.45, 7) is 4.37. The second-order valence-electron chi connectivity index (χ2n) is 4.37. The van der Waals surface area contributed by atoms with Gasteiger partial charge in [-0.3, -0.25) is 9.69 Å². The van der Waals surface area contributed by atoms with E-state index in [1.165, 1.54) is 0 Å². The van der Waals surface area contributed by atoms with E-state index in [0.717, 1.165) is 31.6 Å². The van der Waals surface area contributed by atoms with Gasteiger partial charge in [0.15, 0.2) is 0 Å². The number of carbonyl (C=O) groups is 1. The summed E-state index contributed by atoms with van der Waals surface area (Å²) < 4.78 is 4.95. The predicted molar refractivity (Wildman–Crippen MR) is 64.4 cm³/mol. The zero-order valence-electron chi connectivity index (χ0n) is 10.5. The molecule has 0 spiro atoms. The third kappa shape index (κ3) is 5.14. The Balaban J connectivity index is 2.23. The molecule has 1 atom stereocenters. The topological polar surface area (TPSA) is 74.2 Å². The first-order valence-electron chi connectivity index (χ1n) is 5.86. The van der Waals surface area contributed by atoms with Crippen molar-refractivity contribution in [2.45, 2.75) is 25.8 Å². The fraction of sp³-hybridized carbons (Fsp3) is 0.818. The number of amides is 1. The Morgan fingerprint density at radius 3 is 2.76 bits per heavy atom. The lowest BCUT2D eigenvalue weighted by Gasteiger charge is -2.26. The number of piperidine rings is 1. The number of likely N-dealkylation sites (tertiary alicyclic amines) is 1. The highest BCUT2D eigenvalue weighted by molar-refractivity contribution is 5.85. The van der Waals surface area contributed by atoms with Crippen LogP contribution in [0.2, 0.25) is 0 Å². The van der Waals surface area contributed by atoms with E-state index in [2.05, 4.69) is 15.4 Å². The molecule has 0 aliphatic carbocycles. The number of carbonyl (C=O) groups excluding carboxylic acids is 1. The van der Waals surface area contributed by atoms with Gasteiger partial charge in [0, 0.05) is 39.1 Å². The van der Waals surface area contributed by atoms with Crippen LogP contribution in [0.1, 0.15) is 19.8 Å². The molecular weight excluding hydrogens is 222 g/mol. The van der Waals surface area contributed by atoms with Gasteiger partial charge < -0.3 is 15.3 Å². The summed E-state index contributed by atoms with van der Waals surface area (Å²) >= 11 is 0. The van der Waals surface area contributed by atoms with E-state index >= 15 is 0 Å². The number of methoxy groups -OCH3 is 1. The maximum absolute atomic E-state index is 11.7. The number of rotatable bonds is 5. The molecule has 6 nitrogen and oxygen atoms in total. The van der Waals surface area contributed by atoms with Crippen LogP contribution in [0, 0.1) is 0 Å². The molecule has 1 unspecified atom stereocenters. The second kappa shape index (κ2) is 7.24. The number of hydrogen-bond acceptors (Lipinski definition) is 5. The van der Waals surface area contributed by atoms with Crippen LogP contribution in [0.15, 0.2) is 5.16 Å². The van der Waals surface area contributed by atoms with Crippen LogP contribution in [0.3, 0.4) is 0 Å². The van der Waals surface area contributed by atoms with Crippen LogP contribution in [-0.4, -0.2) is 61.1 Å². The number of nitrogens with one attached hydrogen (secondary N) is 1. The van der Waals surface area contributed by atoms with Gasteiger partial charge in [-0.25, -0.2) is 0 Å². The summed E-state index contributed by atoms with van der Waals surface area (Å²) in [6, 6.07) is 0.0341. The average Bonchev–Trinajstić information content (AvgIpc) is 2.30. The molecule has 1 saturated heterocycles. The summed E-state index contributed by atoms with van der Waals surface area (Å²) in [5.41, 5.74) is 0.814. The monoisotopic (exact) mass is 243 g/mol. The molecular formula is C11H21N3O3. The Hall–Kier alpha value is -1.14. The molecule has 1 fully saturated rings. The first kappa shape index (κ1) is 13.9. The van der Waals surface area contributed by atoms with Crippen molar-refractivity contribution in [1.82, 2.24) is 10.2 Å². The summed E-state index contributed by atoms with van der Waals surface area (Å²) in [5, 5.41) is 14.7. The lowest BCUT2D eigenvalue weighted by Crippen LogP contribution is -2.45. The molecule has 1 amide bonds. The van der Waals surface area contributed by atoms with Gasteiger partial charge in [-0.1, -0.05) is 5.16 Å². The number of ether oxygens (including phenoxy) is 1. The molecule has 1 heterocycles. The van der Waals surface area contributed by atoms with Crippen molar-refractivity contribution >= 4 is 11.6 Å². The Morgan fingerprint density at radius 1 is 1.59 bits per heavy atom. The van der Waals surface area contributed by atoms with Gasteiger partial charge in [-0.2, -0.15) is 0 Å². The summed E-state index contributed by atoms with van der Waals surface area (Å²) in [6.07, 6.45) is 1.47. The molecule has 0 aromatic carbocycles. The molecule has 0 radical (unpaired) electrons. The molecule has 0 bridgehead atoms. The minimum Gasteiger partial charge on any atom is -0.411 e. The predicted octanol–water partition coefficient (Wildman–Crippen LogP) is 0.0635. The SMILES string of the molecule is COCC(C)NC(=O)CN1CCC(=NO)CC1. The average molecular weight is 243 g/mol. The van der Waals surface area contributed by atoms with Crippen LogP contribution in [0.25, 0.3) is 0 Å². The fourth-order valence-corrected chi connectivity index (χ4v) is 1.88. The summed E-state index contributed by atoms with van der Waals surface area (Å²) in [7, 11) is 1.61. The van der Waals surface area contributed by atoms with Crippen molar-refractivity contribution in [2.24, 2.45) is 5.16 Å². The van der Waals surface area contributed by atoms with Crippen molar-refractivity contribution in [3.63, 3.8) is 0 Å². The Bertz CT molecular complexity index is 271. The minimum atomic E-state index is 0.0129. The molecule has 1 rings (SSSR count). The minimum absolute atomic E-state index is 0.0129. The van der Waals surface area contributed by atoms with Crippen molar-refractivity contribution in [3.05, 3.63) is 0 Å². The zero-order chi connectivity index (χ0) is 12.7. The largest absolute Gasteiger partial charge is 0.411 e. The van der Waals surface area contributed by atoms with Gasteiger partial charge >= 0.3 is 0 Å². The van der Waals surface area contributed by atoms with E-state index in [1.807, 2.05) is 6.92 Å². The van der Waals surface area contributed by atoms with Crippen molar-refractivity contribution < 1.29 is 14.7 Å². The Morgan fingerprint density at radius 2 is 2.24 bits per heavy atom. The molecule has 17 heavy (non-hydrogen) atoms. The Kier molecular flexibility index (Phi) is 5.93. The Labute approximate surface area is 102 Å². The number of oxime groups is 1. The summed E-state index contributed by atoms with van der Waals surface area (Å²) in [4.78, 5) is 13.7. The molecule has 0 aromatic rings. The third-order valence-corrected chi connectivity index (χ3v) is 2.77. The lowest BCUT2D eigenvalue weighted by molar-refractivity contribution is -0.123. The van der Waals surface area contributed by atoms with Crippen LogP contribution in [-0.2, 0) is 9.53 Å². The van der Waals surface area contributed by atoms with Crippen LogP contribution < -0.4 is 5.32 Å². The van der Waals surface area contributed by atoms with Crippen molar-refractivity contribution in [2.75, 3.05) is 33.4 Å². The van der Waals surface area contributed by atoms with Gasteiger partial charge in [0.25, 0.3) is 0 Å². The third-order valence-electron chi connectivity index (χ3n) is 2.77. The van der Waals surface area contributed by atoms with Crippen molar-refractivity contribution in [1.29, 1.82) is 0 Å². The van der Waals surface area contributed by atoms with Gasteiger partial charge in [-0.15, -0.1) is 0 Å². The van der Waals surface area contributed by atoms with Crippen LogP contribution in [0.4, 0.5) is 0 Å². The van der Waals surface area contributed by atoms with E-state index < -0.39 is 0 Å². The molecule has 2 N–H and O–H groups in total. The highest BCUT2D eigenvalue weighted by Gasteiger charge is 2.18. The smallest absolute Gasteiger partial charge is 0.234 e. The van der Waals surface area contributed by atoms with Crippen molar-refractivity contribution in [3.8, 4) is 0 Å². The van der Waals surface area contributed by atoms with Gasteiger partial charge in [0.1, 0.15) is 0 Å². The van der Waals surface area contributed by atoms with E-state index in [4.69, 9.17) is 9.94 Å². The van der Waals surface area contributed by atoms with E-state index in [9.17, 15) is 4.79 Å². The fourth-order valence-electron chi connectivity index (χ4n) is 1.88. The quantitative estimate of drug-likeness (QED) is 0.529. The maximum atomic E-state index is 11.7. The molecule has 0 aromatic heterocycles. The normalized spacial score (nSPS) is 18.8. The lowest BCUT2D eigenvalue weighted by atomic mass is 10.1. The molecule has 0 saturated carbocycles. The molecule has 1 aliphatic heterocycles.